The summed E-state index contributed by atoms with van der Waals surface area (Å²) in [6.07, 6.45) is 1.83. The molecule has 2 aromatic rings. The van der Waals surface area contributed by atoms with E-state index in [0.717, 1.165) is 18.4 Å². The van der Waals surface area contributed by atoms with Crippen molar-refractivity contribution in [3.05, 3.63) is 29.1 Å². The first-order chi connectivity index (χ1) is 7.53. The molecule has 1 unspecified atom stereocenters. The fourth-order valence-corrected chi connectivity index (χ4v) is 1.93. The van der Waals surface area contributed by atoms with E-state index in [9.17, 15) is 0 Å². The Balaban J connectivity index is 2.46. The quantitative estimate of drug-likeness (QED) is 0.891. The maximum atomic E-state index is 6.16. The Kier molecular flexibility index (Phi) is 2.91. The van der Waals surface area contributed by atoms with Gasteiger partial charge in [-0.3, -0.25) is 0 Å². The summed E-state index contributed by atoms with van der Waals surface area (Å²) in [7, 11) is 0. The molecule has 4 heteroatoms. The van der Waals surface area contributed by atoms with E-state index in [1.165, 1.54) is 0 Å². The van der Waals surface area contributed by atoms with Crippen LogP contribution >= 0.6 is 11.6 Å². The zero-order valence-corrected chi connectivity index (χ0v) is 10.2. The second-order valence-corrected chi connectivity index (χ2v) is 4.73. The number of hydrogen-bond acceptors (Lipinski definition) is 3. The summed E-state index contributed by atoms with van der Waals surface area (Å²) in [5.41, 5.74) is 7.14. The van der Waals surface area contributed by atoms with Crippen molar-refractivity contribution >= 4 is 22.7 Å². The van der Waals surface area contributed by atoms with Crippen molar-refractivity contribution in [3.63, 3.8) is 0 Å². The number of rotatable bonds is 3. The van der Waals surface area contributed by atoms with Gasteiger partial charge in [-0.2, -0.15) is 0 Å². The number of nitrogens with two attached hydrogens (primary N) is 1. The minimum atomic E-state index is -0.514. The van der Waals surface area contributed by atoms with Gasteiger partial charge < -0.3 is 10.2 Å². The molecule has 0 aliphatic rings. The monoisotopic (exact) mass is 238 g/mol. The van der Waals surface area contributed by atoms with E-state index >= 15 is 0 Å². The first-order valence-electron chi connectivity index (χ1n) is 5.38. The molecule has 86 valence electrons. The first kappa shape index (κ1) is 11.4. The number of aromatic nitrogens is 1. The van der Waals surface area contributed by atoms with Crippen molar-refractivity contribution in [1.82, 2.24) is 4.98 Å². The van der Waals surface area contributed by atoms with E-state index in [4.69, 9.17) is 21.8 Å². The lowest BCUT2D eigenvalue weighted by Gasteiger charge is -2.19. The number of hydrogen-bond donors (Lipinski definition) is 1. The van der Waals surface area contributed by atoms with Gasteiger partial charge in [-0.1, -0.05) is 24.9 Å². The summed E-state index contributed by atoms with van der Waals surface area (Å²) in [6.45, 7) is 4.02. The van der Waals surface area contributed by atoms with Crippen LogP contribution in [0.15, 0.2) is 22.6 Å². The molecule has 1 atom stereocenters. The van der Waals surface area contributed by atoms with Gasteiger partial charge in [-0.15, -0.1) is 0 Å². The van der Waals surface area contributed by atoms with Crippen molar-refractivity contribution in [2.75, 3.05) is 0 Å². The number of halogens is 1. The molecular weight excluding hydrogens is 224 g/mol. The lowest BCUT2D eigenvalue weighted by atomic mass is 9.98. The van der Waals surface area contributed by atoms with Gasteiger partial charge in [-0.05, 0) is 25.5 Å². The van der Waals surface area contributed by atoms with Crippen LogP contribution in [0.25, 0.3) is 11.1 Å². The molecule has 0 radical (unpaired) electrons. The average Bonchev–Trinajstić information content (AvgIpc) is 2.61. The van der Waals surface area contributed by atoms with Gasteiger partial charge in [0.15, 0.2) is 5.58 Å². The molecule has 1 aromatic heterocycles. The van der Waals surface area contributed by atoms with Gasteiger partial charge in [-0.25, -0.2) is 4.98 Å². The van der Waals surface area contributed by atoms with E-state index in [-0.39, 0.29) is 0 Å². The number of nitrogens with zero attached hydrogens (tertiary/aromatic N) is 1. The molecule has 0 fully saturated rings. The molecule has 0 amide bonds. The van der Waals surface area contributed by atoms with Crippen LogP contribution in [0.2, 0.25) is 5.02 Å². The Hall–Kier alpha value is -1.06. The lowest BCUT2D eigenvalue weighted by Crippen LogP contribution is -2.33. The summed E-state index contributed by atoms with van der Waals surface area (Å²) in [5.74, 6) is 0.576. The van der Waals surface area contributed by atoms with Crippen LogP contribution in [-0.2, 0) is 5.54 Å². The summed E-state index contributed by atoms with van der Waals surface area (Å²) >= 11 is 5.88. The second kappa shape index (κ2) is 4.07. The van der Waals surface area contributed by atoms with Gasteiger partial charge in [0.05, 0.1) is 5.54 Å². The molecule has 0 saturated carbocycles. The van der Waals surface area contributed by atoms with Crippen LogP contribution in [0, 0.1) is 0 Å². The van der Waals surface area contributed by atoms with Crippen LogP contribution < -0.4 is 5.73 Å². The number of oxazole rings is 1. The van der Waals surface area contributed by atoms with Crippen molar-refractivity contribution < 1.29 is 4.42 Å². The van der Waals surface area contributed by atoms with E-state index in [1.807, 2.05) is 13.0 Å². The SMILES string of the molecule is CCCC(C)(N)c1nc2ccc(Cl)cc2o1. The molecule has 2 rings (SSSR count). The molecule has 2 N–H and O–H groups in total. The zero-order valence-electron chi connectivity index (χ0n) is 9.46. The molecule has 0 saturated heterocycles. The van der Waals surface area contributed by atoms with Crippen molar-refractivity contribution in [1.29, 1.82) is 0 Å². The van der Waals surface area contributed by atoms with Gasteiger partial charge in [0, 0.05) is 11.1 Å². The third-order valence-corrected chi connectivity index (χ3v) is 2.84. The molecule has 0 aliphatic carbocycles. The molecule has 0 aliphatic heterocycles. The summed E-state index contributed by atoms with van der Waals surface area (Å²) in [5, 5.41) is 0.643. The zero-order chi connectivity index (χ0) is 11.8. The minimum Gasteiger partial charge on any atom is -0.439 e. The Labute approximate surface area is 99.6 Å². The Morgan fingerprint density at radius 1 is 1.50 bits per heavy atom. The lowest BCUT2D eigenvalue weighted by molar-refractivity contribution is 0.342. The van der Waals surface area contributed by atoms with Gasteiger partial charge in [0.2, 0.25) is 5.89 Å². The van der Waals surface area contributed by atoms with E-state index < -0.39 is 5.54 Å². The predicted molar refractivity (Wildman–Crippen MR) is 65.5 cm³/mol. The summed E-state index contributed by atoms with van der Waals surface area (Å²) in [6, 6.07) is 5.39. The predicted octanol–water partition coefficient (Wildman–Crippen LogP) is 3.46. The molecule has 3 nitrogen and oxygen atoms in total. The largest absolute Gasteiger partial charge is 0.439 e. The third-order valence-electron chi connectivity index (χ3n) is 2.61. The molecule has 1 aromatic carbocycles. The van der Waals surface area contributed by atoms with E-state index in [1.54, 1.807) is 12.1 Å². The van der Waals surface area contributed by atoms with Crippen molar-refractivity contribution in [3.8, 4) is 0 Å². The number of fused-ring (bicyclic) bond motifs is 1. The standard InChI is InChI=1S/C12H15ClN2O/c1-3-6-12(2,14)11-15-9-5-4-8(13)7-10(9)16-11/h4-5,7H,3,6,14H2,1-2H3. The molecule has 0 spiro atoms. The van der Waals surface area contributed by atoms with Crippen LogP contribution in [-0.4, -0.2) is 4.98 Å². The highest BCUT2D eigenvalue weighted by molar-refractivity contribution is 6.31. The van der Waals surface area contributed by atoms with E-state index in [2.05, 4.69) is 11.9 Å². The summed E-state index contributed by atoms with van der Waals surface area (Å²) in [4.78, 5) is 4.39. The van der Waals surface area contributed by atoms with Crippen molar-refractivity contribution in [2.24, 2.45) is 5.73 Å². The van der Waals surface area contributed by atoms with Crippen LogP contribution in [0.5, 0.6) is 0 Å². The first-order valence-corrected chi connectivity index (χ1v) is 5.76. The van der Waals surface area contributed by atoms with Crippen LogP contribution in [0.3, 0.4) is 0 Å². The highest BCUT2D eigenvalue weighted by Gasteiger charge is 2.26. The third kappa shape index (κ3) is 2.06. The molecule has 0 bridgehead atoms. The fraction of sp³-hybridized carbons (Fsp3) is 0.417. The smallest absolute Gasteiger partial charge is 0.215 e. The highest BCUT2D eigenvalue weighted by Crippen LogP contribution is 2.27. The highest BCUT2D eigenvalue weighted by atomic mass is 35.5. The maximum absolute atomic E-state index is 6.16. The maximum Gasteiger partial charge on any atom is 0.215 e. The summed E-state index contributed by atoms with van der Waals surface area (Å²) < 4.78 is 5.65. The Bertz CT molecular complexity index is 505. The van der Waals surface area contributed by atoms with Crippen molar-refractivity contribution in [2.45, 2.75) is 32.2 Å². The van der Waals surface area contributed by atoms with Gasteiger partial charge in [0.25, 0.3) is 0 Å². The Morgan fingerprint density at radius 3 is 2.94 bits per heavy atom. The van der Waals surface area contributed by atoms with Gasteiger partial charge >= 0.3 is 0 Å². The average molecular weight is 239 g/mol. The molecule has 16 heavy (non-hydrogen) atoms. The van der Waals surface area contributed by atoms with Crippen LogP contribution in [0.4, 0.5) is 0 Å². The molecular formula is C12H15ClN2O. The normalized spacial score (nSPS) is 15.2. The fourth-order valence-electron chi connectivity index (χ4n) is 1.77. The Morgan fingerprint density at radius 2 is 2.25 bits per heavy atom. The van der Waals surface area contributed by atoms with Gasteiger partial charge in [0.1, 0.15) is 5.52 Å². The minimum absolute atomic E-state index is 0.514. The second-order valence-electron chi connectivity index (χ2n) is 4.30. The molecule has 1 heterocycles. The topological polar surface area (TPSA) is 52.0 Å². The van der Waals surface area contributed by atoms with E-state index in [0.29, 0.717) is 16.5 Å². The number of benzene rings is 1. The van der Waals surface area contributed by atoms with Crippen LogP contribution in [0.1, 0.15) is 32.6 Å².